The third-order valence-electron chi connectivity index (χ3n) is 5.34. The van der Waals surface area contributed by atoms with E-state index in [1.165, 1.54) is 12.1 Å². The van der Waals surface area contributed by atoms with E-state index in [1.807, 2.05) is 55.6 Å². The van der Waals surface area contributed by atoms with Crippen molar-refractivity contribution in [1.29, 1.82) is 0 Å². The van der Waals surface area contributed by atoms with Gasteiger partial charge in [0.05, 0.1) is 12.8 Å². The molecule has 31 heavy (non-hydrogen) atoms. The highest BCUT2D eigenvalue weighted by Gasteiger charge is 2.19. The summed E-state index contributed by atoms with van der Waals surface area (Å²) in [7, 11) is 1.56. The molecule has 0 radical (unpaired) electrons. The summed E-state index contributed by atoms with van der Waals surface area (Å²) >= 11 is 0. The van der Waals surface area contributed by atoms with Gasteiger partial charge in [-0.05, 0) is 53.9 Å². The Morgan fingerprint density at radius 2 is 1.87 bits per heavy atom. The van der Waals surface area contributed by atoms with Crippen molar-refractivity contribution in [3.05, 3.63) is 95.4 Å². The van der Waals surface area contributed by atoms with E-state index in [-0.39, 0.29) is 17.8 Å². The molecule has 6 heteroatoms. The summed E-state index contributed by atoms with van der Waals surface area (Å²) < 4.78 is 18.8. The molecule has 2 amide bonds. The number of nitrogens with one attached hydrogen (secondary N) is 3. The Hall–Kier alpha value is -3.80. The van der Waals surface area contributed by atoms with Crippen LogP contribution in [0.3, 0.4) is 0 Å². The molecule has 1 atom stereocenters. The third kappa shape index (κ3) is 4.53. The lowest BCUT2D eigenvalue weighted by Gasteiger charge is -2.19. The van der Waals surface area contributed by atoms with E-state index < -0.39 is 0 Å². The van der Waals surface area contributed by atoms with E-state index in [2.05, 4.69) is 15.6 Å². The zero-order valence-corrected chi connectivity index (χ0v) is 17.4. The first kappa shape index (κ1) is 20.5. The number of aromatic nitrogens is 1. The summed E-state index contributed by atoms with van der Waals surface area (Å²) in [4.78, 5) is 15.9. The van der Waals surface area contributed by atoms with Gasteiger partial charge < -0.3 is 20.4 Å². The number of para-hydroxylation sites is 1. The second kappa shape index (κ2) is 8.92. The second-order valence-corrected chi connectivity index (χ2v) is 7.43. The molecule has 0 unspecified atom stereocenters. The molecule has 1 aromatic heterocycles. The number of ether oxygens (including phenoxy) is 1. The van der Waals surface area contributed by atoms with Crippen molar-refractivity contribution in [2.24, 2.45) is 0 Å². The first-order valence-electron chi connectivity index (χ1n) is 10.1. The Kier molecular flexibility index (Phi) is 5.89. The van der Waals surface area contributed by atoms with E-state index >= 15 is 0 Å². The van der Waals surface area contributed by atoms with E-state index in [4.69, 9.17) is 4.74 Å². The monoisotopic (exact) mass is 417 g/mol. The molecule has 158 valence electrons. The van der Waals surface area contributed by atoms with Gasteiger partial charge in [0.2, 0.25) is 0 Å². The Morgan fingerprint density at radius 1 is 1.10 bits per heavy atom. The molecule has 0 spiro atoms. The molecule has 4 rings (SSSR count). The van der Waals surface area contributed by atoms with Crippen molar-refractivity contribution in [2.45, 2.75) is 12.8 Å². The van der Waals surface area contributed by atoms with Crippen LogP contribution in [0.1, 0.15) is 22.6 Å². The molecule has 3 N–H and O–H groups in total. The van der Waals surface area contributed by atoms with Gasteiger partial charge >= 0.3 is 6.03 Å². The Balaban J connectivity index is 1.58. The number of aryl methyl sites for hydroxylation is 1. The SMILES string of the molecule is COc1ccc(C)cc1NC(=O)NC[C@H](c1ccc(F)cc1)c1c[nH]c2ccccc12. The summed E-state index contributed by atoms with van der Waals surface area (Å²) in [6.45, 7) is 2.29. The lowest BCUT2D eigenvalue weighted by Crippen LogP contribution is -2.32. The quantitative estimate of drug-likeness (QED) is 0.384. The standard InChI is InChI=1S/C25H24FN3O2/c1-16-7-12-24(31-2)23(13-16)29-25(30)28-14-20(17-8-10-18(26)11-9-17)21-15-27-22-6-4-3-5-19(21)22/h3-13,15,20,27H,14H2,1-2H3,(H2,28,29,30)/t20-/m1/s1. The average molecular weight is 417 g/mol. The highest BCUT2D eigenvalue weighted by molar-refractivity contribution is 5.91. The maximum Gasteiger partial charge on any atom is 0.319 e. The van der Waals surface area contributed by atoms with Gasteiger partial charge in [0.25, 0.3) is 0 Å². The molecule has 4 aromatic rings. The smallest absolute Gasteiger partial charge is 0.319 e. The number of benzene rings is 3. The van der Waals surface area contributed by atoms with Crippen molar-refractivity contribution >= 4 is 22.6 Å². The van der Waals surface area contributed by atoms with Crippen molar-refractivity contribution in [3.8, 4) is 5.75 Å². The Labute approximate surface area is 180 Å². The number of anilines is 1. The van der Waals surface area contributed by atoms with E-state index in [0.29, 0.717) is 18.0 Å². The molecular weight excluding hydrogens is 393 g/mol. The first-order chi connectivity index (χ1) is 15.0. The fourth-order valence-corrected chi connectivity index (χ4v) is 3.77. The number of hydrogen-bond acceptors (Lipinski definition) is 2. The highest BCUT2D eigenvalue weighted by Crippen LogP contribution is 2.31. The number of hydrogen-bond donors (Lipinski definition) is 3. The number of rotatable bonds is 6. The van der Waals surface area contributed by atoms with Gasteiger partial charge in [0.1, 0.15) is 11.6 Å². The molecule has 0 bridgehead atoms. The van der Waals surface area contributed by atoms with Crippen molar-refractivity contribution in [2.75, 3.05) is 19.0 Å². The van der Waals surface area contributed by atoms with Crippen molar-refractivity contribution < 1.29 is 13.9 Å². The molecule has 0 saturated carbocycles. The van der Waals surface area contributed by atoms with Crippen LogP contribution in [0.5, 0.6) is 5.75 Å². The highest BCUT2D eigenvalue weighted by atomic mass is 19.1. The van der Waals surface area contributed by atoms with Crippen LogP contribution in [0.2, 0.25) is 0 Å². The van der Waals surface area contributed by atoms with Crippen molar-refractivity contribution in [3.63, 3.8) is 0 Å². The second-order valence-electron chi connectivity index (χ2n) is 7.43. The number of halogens is 1. The first-order valence-corrected chi connectivity index (χ1v) is 10.1. The number of urea groups is 1. The van der Waals surface area contributed by atoms with Gasteiger partial charge in [-0.2, -0.15) is 0 Å². The van der Waals surface area contributed by atoms with Gasteiger partial charge in [0, 0.05) is 29.6 Å². The minimum absolute atomic E-state index is 0.151. The van der Waals surface area contributed by atoms with Crippen LogP contribution in [0.15, 0.2) is 72.9 Å². The maximum absolute atomic E-state index is 13.5. The van der Waals surface area contributed by atoms with Gasteiger partial charge in [0.15, 0.2) is 0 Å². The summed E-state index contributed by atoms with van der Waals surface area (Å²) in [5.41, 5.74) is 4.58. The van der Waals surface area contributed by atoms with Crippen LogP contribution < -0.4 is 15.4 Å². The molecular formula is C25H24FN3O2. The van der Waals surface area contributed by atoms with Gasteiger partial charge in [-0.1, -0.05) is 36.4 Å². The molecule has 0 aliphatic heterocycles. The molecule has 0 fully saturated rings. The number of H-pyrrole nitrogens is 1. The molecule has 0 aliphatic rings. The van der Waals surface area contributed by atoms with Gasteiger partial charge in [-0.25, -0.2) is 9.18 Å². The third-order valence-corrected chi connectivity index (χ3v) is 5.34. The van der Waals surface area contributed by atoms with Crippen LogP contribution in [0, 0.1) is 12.7 Å². The number of fused-ring (bicyclic) bond motifs is 1. The molecule has 1 heterocycles. The molecule has 5 nitrogen and oxygen atoms in total. The number of carbonyl (C=O) groups excluding carboxylic acids is 1. The van der Waals surface area contributed by atoms with E-state index in [1.54, 1.807) is 19.2 Å². The fourth-order valence-electron chi connectivity index (χ4n) is 3.77. The predicted octanol–water partition coefficient (Wildman–Crippen LogP) is 5.58. The van der Waals surface area contributed by atoms with Crippen molar-refractivity contribution in [1.82, 2.24) is 10.3 Å². The average Bonchev–Trinajstić information content (AvgIpc) is 3.19. The fraction of sp³-hybridized carbons (Fsp3) is 0.160. The number of methoxy groups -OCH3 is 1. The lowest BCUT2D eigenvalue weighted by atomic mass is 9.91. The normalized spacial score (nSPS) is 11.8. The van der Waals surface area contributed by atoms with Gasteiger partial charge in [-0.15, -0.1) is 0 Å². The van der Waals surface area contributed by atoms with Crippen LogP contribution in [-0.4, -0.2) is 24.7 Å². The van der Waals surface area contributed by atoms with Crippen LogP contribution in [-0.2, 0) is 0 Å². The maximum atomic E-state index is 13.5. The summed E-state index contributed by atoms with van der Waals surface area (Å²) in [6, 6.07) is 19.6. The number of aromatic amines is 1. The van der Waals surface area contributed by atoms with Gasteiger partial charge in [-0.3, -0.25) is 0 Å². The number of carbonyl (C=O) groups is 1. The van der Waals surface area contributed by atoms with E-state index in [0.717, 1.165) is 27.6 Å². The largest absolute Gasteiger partial charge is 0.495 e. The summed E-state index contributed by atoms with van der Waals surface area (Å²) in [6.07, 6.45) is 1.95. The van der Waals surface area contributed by atoms with Crippen LogP contribution in [0.25, 0.3) is 10.9 Å². The van der Waals surface area contributed by atoms with Crippen LogP contribution >= 0.6 is 0 Å². The summed E-state index contributed by atoms with van der Waals surface area (Å²) in [5.74, 6) is 0.146. The number of amides is 2. The molecule has 0 aliphatic carbocycles. The molecule has 3 aromatic carbocycles. The molecule has 0 saturated heterocycles. The minimum Gasteiger partial charge on any atom is -0.495 e. The Bertz CT molecular complexity index is 1200. The minimum atomic E-state index is -0.337. The van der Waals surface area contributed by atoms with Crippen LogP contribution in [0.4, 0.5) is 14.9 Å². The zero-order valence-electron chi connectivity index (χ0n) is 17.4. The lowest BCUT2D eigenvalue weighted by molar-refractivity contribution is 0.251. The summed E-state index contributed by atoms with van der Waals surface area (Å²) in [5, 5.41) is 6.88. The predicted molar refractivity (Wildman–Crippen MR) is 121 cm³/mol. The zero-order chi connectivity index (χ0) is 21.8. The Morgan fingerprint density at radius 3 is 2.65 bits per heavy atom. The van der Waals surface area contributed by atoms with E-state index in [9.17, 15) is 9.18 Å². The topological polar surface area (TPSA) is 66.2 Å².